The molecule has 0 atom stereocenters. The summed E-state index contributed by atoms with van der Waals surface area (Å²) in [6.07, 6.45) is 7.84. The molecule has 0 bridgehead atoms. The van der Waals surface area contributed by atoms with Crippen LogP contribution in [-0.4, -0.2) is 26.9 Å². The fourth-order valence-electron chi connectivity index (χ4n) is 1.02. The molecular formula is C8H12N2O3S. The Labute approximate surface area is 83.7 Å². The first-order valence-electron chi connectivity index (χ1n) is 4.19. The molecule has 14 heavy (non-hydrogen) atoms. The van der Waals surface area contributed by atoms with Crippen LogP contribution in [0.5, 0.6) is 0 Å². The van der Waals surface area contributed by atoms with E-state index in [2.05, 4.69) is 20.3 Å². The Morgan fingerprint density at radius 2 is 2.07 bits per heavy atom. The van der Waals surface area contributed by atoms with Crippen molar-refractivity contribution in [2.75, 3.05) is 12.9 Å². The minimum atomic E-state index is -3.36. The Bertz CT molecular complexity index is 361. The minimum absolute atomic E-state index is 0.108. The molecule has 78 valence electrons. The topological polar surface area (TPSA) is 68.1 Å². The van der Waals surface area contributed by atoms with E-state index >= 15 is 0 Å². The maximum absolute atomic E-state index is 10.6. The molecule has 0 N–H and O–H groups in total. The predicted molar refractivity (Wildman–Crippen MR) is 51.1 cm³/mol. The highest BCUT2D eigenvalue weighted by molar-refractivity contribution is 7.85. The highest BCUT2D eigenvalue weighted by Gasteiger charge is 2.38. The first-order chi connectivity index (χ1) is 6.47. The van der Waals surface area contributed by atoms with Crippen LogP contribution in [0.4, 0.5) is 0 Å². The van der Waals surface area contributed by atoms with Gasteiger partial charge in [-0.25, -0.2) is 0 Å². The van der Waals surface area contributed by atoms with E-state index in [1.165, 1.54) is 0 Å². The summed E-state index contributed by atoms with van der Waals surface area (Å²) < 4.78 is 25.9. The van der Waals surface area contributed by atoms with Gasteiger partial charge in [-0.15, -0.1) is 12.3 Å². The van der Waals surface area contributed by atoms with E-state index in [1.807, 2.05) is 0 Å². The van der Waals surface area contributed by atoms with Gasteiger partial charge in [0.25, 0.3) is 10.1 Å². The summed E-state index contributed by atoms with van der Waals surface area (Å²) in [6.45, 7) is 0.108. The van der Waals surface area contributed by atoms with Crippen molar-refractivity contribution in [3.05, 3.63) is 0 Å². The standard InChI is InChI=1S/C8H12N2O3S/c1-3-4-5-8(9-10-8)6-7-13-14(2,11)12/h1H,4-7H2,2H3. The largest absolute Gasteiger partial charge is 0.270 e. The zero-order chi connectivity index (χ0) is 10.7. The van der Waals surface area contributed by atoms with Crippen molar-refractivity contribution in [3.63, 3.8) is 0 Å². The first kappa shape index (κ1) is 11.1. The molecule has 1 rings (SSSR count). The first-order valence-corrected chi connectivity index (χ1v) is 6.01. The molecule has 0 aliphatic carbocycles. The van der Waals surface area contributed by atoms with Crippen molar-refractivity contribution in [2.24, 2.45) is 10.2 Å². The summed E-state index contributed by atoms with van der Waals surface area (Å²) in [4.78, 5) is 0. The number of rotatable bonds is 6. The van der Waals surface area contributed by atoms with Gasteiger partial charge < -0.3 is 0 Å². The van der Waals surface area contributed by atoms with Crippen molar-refractivity contribution >= 4 is 10.1 Å². The maximum atomic E-state index is 10.6. The average molecular weight is 216 g/mol. The SMILES string of the molecule is C#CCCC1(CCOS(C)(=O)=O)N=N1. The summed E-state index contributed by atoms with van der Waals surface area (Å²) >= 11 is 0. The Hall–Kier alpha value is -0.930. The molecule has 0 unspecified atom stereocenters. The highest BCUT2D eigenvalue weighted by atomic mass is 32.2. The van der Waals surface area contributed by atoms with Crippen molar-refractivity contribution < 1.29 is 12.6 Å². The van der Waals surface area contributed by atoms with Gasteiger partial charge in [0.15, 0.2) is 5.66 Å². The number of nitrogens with zero attached hydrogens (tertiary/aromatic N) is 2. The van der Waals surface area contributed by atoms with Gasteiger partial charge in [-0.2, -0.15) is 18.6 Å². The summed E-state index contributed by atoms with van der Waals surface area (Å²) in [5.74, 6) is 2.49. The van der Waals surface area contributed by atoms with Crippen molar-refractivity contribution in [1.82, 2.24) is 0 Å². The van der Waals surface area contributed by atoms with Gasteiger partial charge in [0.1, 0.15) is 0 Å². The van der Waals surface area contributed by atoms with Gasteiger partial charge in [0.2, 0.25) is 0 Å². The third-order valence-corrected chi connectivity index (χ3v) is 2.45. The van der Waals surface area contributed by atoms with Gasteiger partial charge in [-0.3, -0.25) is 4.18 Å². The smallest absolute Gasteiger partial charge is 0.264 e. The third kappa shape index (κ3) is 3.85. The fourth-order valence-corrected chi connectivity index (χ4v) is 1.41. The maximum Gasteiger partial charge on any atom is 0.264 e. The van der Waals surface area contributed by atoms with Crippen LogP contribution in [0, 0.1) is 12.3 Å². The molecule has 1 aliphatic rings. The second kappa shape index (κ2) is 4.07. The summed E-state index contributed by atoms with van der Waals surface area (Å²) in [6, 6.07) is 0. The van der Waals surface area contributed by atoms with Crippen molar-refractivity contribution in [1.29, 1.82) is 0 Å². The van der Waals surface area contributed by atoms with E-state index in [-0.39, 0.29) is 6.61 Å². The van der Waals surface area contributed by atoms with Crippen LogP contribution < -0.4 is 0 Å². The second-order valence-corrected chi connectivity index (χ2v) is 4.81. The molecular weight excluding hydrogens is 204 g/mol. The van der Waals surface area contributed by atoms with Gasteiger partial charge in [-0.05, 0) is 0 Å². The van der Waals surface area contributed by atoms with Crippen LogP contribution in [0.25, 0.3) is 0 Å². The lowest BCUT2D eigenvalue weighted by Gasteiger charge is -2.07. The van der Waals surface area contributed by atoms with E-state index in [0.29, 0.717) is 19.3 Å². The summed E-state index contributed by atoms with van der Waals surface area (Å²) in [5.41, 5.74) is -0.461. The van der Waals surface area contributed by atoms with E-state index in [0.717, 1.165) is 6.26 Å². The van der Waals surface area contributed by atoms with Crippen LogP contribution in [-0.2, 0) is 14.3 Å². The quantitative estimate of drug-likeness (QED) is 0.490. The van der Waals surface area contributed by atoms with Crippen LogP contribution in [0.15, 0.2) is 10.2 Å². The minimum Gasteiger partial charge on any atom is -0.270 e. The monoisotopic (exact) mass is 216 g/mol. The number of hydrogen-bond acceptors (Lipinski definition) is 5. The molecule has 0 fully saturated rings. The average Bonchev–Trinajstić information content (AvgIpc) is 2.80. The molecule has 0 aromatic rings. The molecule has 0 saturated carbocycles. The van der Waals surface area contributed by atoms with E-state index in [9.17, 15) is 8.42 Å². The van der Waals surface area contributed by atoms with Crippen LogP contribution >= 0.6 is 0 Å². The zero-order valence-corrected chi connectivity index (χ0v) is 8.75. The van der Waals surface area contributed by atoms with E-state index < -0.39 is 15.8 Å². The summed E-state index contributed by atoms with van der Waals surface area (Å²) in [5, 5.41) is 7.69. The van der Waals surface area contributed by atoms with Gasteiger partial charge in [-0.1, -0.05) is 0 Å². The predicted octanol–water partition coefficient (Wildman–Crippen LogP) is 0.928. The molecule has 6 heteroatoms. The lowest BCUT2D eigenvalue weighted by molar-refractivity contribution is 0.290. The molecule has 0 saturated heterocycles. The Balaban J connectivity index is 2.22. The molecule has 1 aliphatic heterocycles. The van der Waals surface area contributed by atoms with E-state index in [4.69, 9.17) is 6.42 Å². The van der Waals surface area contributed by atoms with Crippen molar-refractivity contribution in [2.45, 2.75) is 24.9 Å². The number of terminal acetylenes is 1. The molecule has 0 radical (unpaired) electrons. The highest BCUT2D eigenvalue weighted by Crippen LogP contribution is 2.36. The van der Waals surface area contributed by atoms with Crippen LogP contribution in [0.2, 0.25) is 0 Å². The van der Waals surface area contributed by atoms with Gasteiger partial charge in [0, 0.05) is 19.3 Å². The van der Waals surface area contributed by atoms with E-state index in [1.54, 1.807) is 0 Å². The summed E-state index contributed by atoms with van der Waals surface area (Å²) in [7, 11) is -3.36. The fraction of sp³-hybridized carbons (Fsp3) is 0.750. The van der Waals surface area contributed by atoms with Gasteiger partial charge in [0.05, 0.1) is 12.9 Å². The zero-order valence-electron chi connectivity index (χ0n) is 7.93. The second-order valence-electron chi connectivity index (χ2n) is 3.16. The Morgan fingerprint density at radius 3 is 2.50 bits per heavy atom. The lowest BCUT2D eigenvalue weighted by Crippen LogP contribution is -2.15. The Morgan fingerprint density at radius 1 is 1.43 bits per heavy atom. The molecule has 1 heterocycles. The van der Waals surface area contributed by atoms with Crippen LogP contribution in [0.1, 0.15) is 19.3 Å². The van der Waals surface area contributed by atoms with Crippen molar-refractivity contribution in [3.8, 4) is 12.3 Å². The number of hydrogen-bond donors (Lipinski definition) is 0. The molecule has 0 aromatic heterocycles. The molecule has 5 nitrogen and oxygen atoms in total. The lowest BCUT2D eigenvalue weighted by atomic mass is 10.1. The molecule has 0 aromatic carbocycles. The van der Waals surface area contributed by atoms with Gasteiger partial charge >= 0.3 is 0 Å². The van der Waals surface area contributed by atoms with Crippen LogP contribution in [0.3, 0.4) is 0 Å². The third-order valence-electron chi connectivity index (χ3n) is 1.85. The Kier molecular flexibility index (Phi) is 3.24. The molecule has 0 spiro atoms. The normalized spacial score (nSPS) is 17.7. The molecule has 0 amide bonds.